The highest BCUT2D eigenvalue weighted by Gasteiger charge is 2.15. The van der Waals surface area contributed by atoms with Gasteiger partial charge in [-0.25, -0.2) is 9.67 Å². The van der Waals surface area contributed by atoms with E-state index in [0.717, 1.165) is 17.7 Å². The molecular formula is C15H28N6O2. The third kappa shape index (κ3) is 5.15. The van der Waals surface area contributed by atoms with Crippen LogP contribution in [-0.4, -0.2) is 60.8 Å². The molecule has 0 aliphatic carbocycles. The molecule has 1 heterocycles. The number of carbonyl (C=O) groups is 1. The maximum atomic E-state index is 11.7. The lowest BCUT2D eigenvalue weighted by Crippen LogP contribution is -2.42. The van der Waals surface area contributed by atoms with E-state index < -0.39 is 0 Å². The number of nitrogens with zero attached hydrogens (tertiary/aromatic N) is 4. The summed E-state index contributed by atoms with van der Waals surface area (Å²) < 4.78 is 7.13. The van der Waals surface area contributed by atoms with Gasteiger partial charge >= 0.3 is 0 Å². The van der Waals surface area contributed by atoms with E-state index in [1.165, 1.54) is 4.90 Å². The summed E-state index contributed by atoms with van der Waals surface area (Å²) >= 11 is 0. The highest BCUT2D eigenvalue weighted by atomic mass is 16.5. The van der Waals surface area contributed by atoms with E-state index in [2.05, 4.69) is 20.7 Å². The molecule has 0 spiro atoms. The minimum absolute atomic E-state index is 0.0104. The highest BCUT2D eigenvalue weighted by molar-refractivity contribution is 5.86. The fraction of sp³-hybridized carbons (Fsp3) is 0.667. The van der Waals surface area contributed by atoms with Crippen LogP contribution < -0.4 is 15.4 Å². The second kappa shape index (κ2) is 9.02. The summed E-state index contributed by atoms with van der Waals surface area (Å²) in [5.41, 5.74) is 1.93. The number of nitrogens with one attached hydrogen (secondary N) is 2. The zero-order chi connectivity index (χ0) is 17.4. The average Bonchev–Trinajstić information content (AvgIpc) is 2.84. The van der Waals surface area contributed by atoms with Crippen molar-refractivity contribution < 1.29 is 9.53 Å². The Morgan fingerprint density at radius 1 is 1.35 bits per heavy atom. The molecule has 1 amide bonds. The van der Waals surface area contributed by atoms with Crippen molar-refractivity contribution in [3.05, 3.63) is 11.3 Å². The third-order valence-corrected chi connectivity index (χ3v) is 3.34. The number of ether oxygens (including phenoxy) is 1. The minimum Gasteiger partial charge on any atom is -0.481 e. The second-order valence-electron chi connectivity index (χ2n) is 5.25. The predicted octanol–water partition coefficient (Wildman–Crippen LogP) is 0.134. The van der Waals surface area contributed by atoms with Crippen LogP contribution in [0, 0.1) is 0 Å². The number of rotatable bonds is 7. The smallest absolute Gasteiger partial charge is 0.241 e. The molecule has 0 saturated heterocycles. The largest absolute Gasteiger partial charge is 0.481 e. The maximum absolute atomic E-state index is 11.7. The molecule has 0 aromatic carbocycles. The standard InChI is InChI=1S/C15H28N6O2/c1-7-12-11(14(23-6)21(5)19-12)9-17-15(16-8-2)18-10-13(22)20(3)4/h7-10H2,1-6H3,(H2,16,17,18). The van der Waals surface area contributed by atoms with Crippen molar-refractivity contribution in [2.45, 2.75) is 26.8 Å². The first-order chi connectivity index (χ1) is 10.9. The van der Waals surface area contributed by atoms with Crippen LogP contribution in [0.5, 0.6) is 5.88 Å². The van der Waals surface area contributed by atoms with E-state index in [1.807, 2.05) is 20.9 Å². The summed E-state index contributed by atoms with van der Waals surface area (Å²) in [5, 5.41) is 10.6. The Morgan fingerprint density at radius 3 is 2.57 bits per heavy atom. The van der Waals surface area contributed by atoms with Gasteiger partial charge in [-0.1, -0.05) is 6.92 Å². The van der Waals surface area contributed by atoms with Crippen LogP contribution in [-0.2, 0) is 24.8 Å². The van der Waals surface area contributed by atoms with Crippen LogP contribution in [0.1, 0.15) is 25.1 Å². The molecule has 1 aromatic rings. The summed E-state index contributed by atoms with van der Waals surface area (Å²) in [5.74, 6) is 1.30. The molecule has 1 rings (SSSR count). The lowest BCUT2D eigenvalue weighted by atomic mass is 10.2. The van der Waals surface area contributed by atoms with E-state index in [1.54, 1.807) is 25.9 Å². The minimum atomic E-state index is -0.0104. The average molecular weight is 324 g/mol. The number of hydrogen-bond donors (Lipinski definition) is 2. The third-order valence-electron chi connectivity index (χ3n) is 3.34. The SMILES string of the molecule is CCNC(=NCc1c(CC)nn(C)c1OC)NCC(=O)N(C)C. The molecule has 0 aliphatic heterocycles. The van der Waals surface area contributed by atoms with Gasteiger partial charge in [0.05, 0.1) is 31.5 Å². The molecule has 0 unspecified atom stereocenters. The Bertz CT molecular complexity index is 550. The van der Waals surface area contributed by atoms with Crippen LogP contribution in [0.15, 0.2) is 4.99 Å². The number of methoxy groups -OCH3 is 1. The molecule has 0 fully saturated rings. The molecule has 23 heavy (non-hydrogen) atoms. The summed E-state index contributed by atoms with van der Waals surface area (Å²) in [6, 6.07) is 0. The molecule has 0 saturated carbocycles. The van der Waals surface area contributed by atoms with Gasteiger partial charge in [0.2, 0.25) is 11.8 Å². The highest BCUT2D eigenvalue weighted by Crippen LogP contribution is 2.22. The topological polar surface area (TPSA) is 83.8 Å². The fourth-order valence-corrected chi connectivity index (χ4v) is 2.12. The van der Waals surface area contributed by atoms with E-state index in [9.17, 15) is 4.79 Å². The number of aromatic nitrogens is 2. The van der Waals surface area contributed by atoms with Gasteiger partial charge in [0.1, 0.15) is 0 Å². The van der Waals surface area contributed by atoms with Crippen molar-refractivity contribution >= 4 is 11.9 Å². The molecule has 0 bridgehead atoms. The Morgan fingerprint density at radius 2 is 2.04 bits per heavy atom. The monoisotopic (exact) mass is 324 g/mol. The number of aryl methyl sites for hydroxylation is 2. The van der Waals surface area contributed by atoms with Crippen LogP contribution >= 0.6 is 0 Å². The lowest BCUT2D eigenvalue weighted by molar-refractivity contribution is -0.127. The van der Waals surface area contributed by atoms with Gasteiger partial charge in [-0.15, -0.1) is 0 Å². The van der Waals surface area contributed by atoms with Crippen LogP contribution in [0.3, 0.4) is 0 Å². The molecule has 2 N–H and O–H groups in total. The van der Waals surface area contributed by atoms with Crippen molar-refractivity contribution in [1.82, 2.24) is 25.3 Å². The van der Waals surface area contributed by atoms with E-state index in [-0.39, 0.29) is 12.5 Å². The van der Waals surface area contributed by atoms with Crippen molar-refractivity contribution in [3.8, 4) is 5.88 Å². The zero-order valence-electron chi connectivity index (χ0n) is 14.9. The number of guanidine groups is 1. The first-order valence-corrected chi connectivity index (χ1v) is 7.75. The van der Waals surface area contributed by atoms with Crippen LogP contribution in [0.2, 0.25) is 0 Å². The van der Waals surface area contributed by atoms with Gasteiger partial charge in [-0.3, -0.25) is 4.79 Å². The molecule has 0 aliphatic rings. The van der Waals surface area contributed by atoms with Gasteiger partial charge in [0.15, 0.2) is 5.96 Å². The van der Waals surface area contributed by atoms with Gasteiger partial charge in [-0.05, 0) is 13.3 Å². The van der Waals surface area contributed by atoms with Crippen molar-refractivity contribution in [3.63, 3.8) is 0 Å². The normalized spacial score (nSPS) is 11.3. The molecule has 1 aromatic heterocycles. The Kier molecular flexibility index (Phi) is 7.37. The quantitative estimate of drug-likeness (QED) is 0.550. The number of aliphatic imine (C=N–C) groups is 1. The van der Waals surface area contributed by atoms with Crippen molar-refractivity contribution in [1.29, 1.82) is 0 Å². The van der Waals surface area contributed by atoms with Crippen molar-refractivity contribution in [2.75, 3.05) is 34.3 Å². The number of likely N-dealkylation sites (N-methyl/N-ethyl adjacent to an activating group) is 1. The van der Waals surface area contributed by atoms with E-state index in [4.69, 9.17) is 4.74 Å². The van der Waals surface area contributed by atoms with Gasteiger partial charge in [0, 0.05) is 27.7 Å². The van der Waals surface area contributed by atoms with E-state index >= 15 is 0 Å². The number of carbonyl (C=O) groups excluding carboxylic acids is 1. The Balaban J connectivity index is 2.87. The molecular weight excluding hydrogens is 296 g/mol. The Labute approximate surface area is 137 Å². The predicted molar refractivity (Wildman–Crippen MR) is 90.7 cm³/mol. The summed E-state index contributed by atoms with van der Waals surface area (Å²) in [7, 11) is 6.93. The van der Waals surface area contributed by atoms with Crippen LogP contribution in [0.25, 0.3) is 0 Å². The number of amides is 1. The molecule has 130 valence electrons. The molecule has 0 radical (unpaired) electrons. The molecule has 0 atom stereocenters. The number of hydrogen-bond acceptors (Lipinski definition) is 4. The van der Waals surface area contributed by atoms with Gasteiger partial charge in [-0.2, -0.15) is 5.10 Å². The summed E-state index contributed by atoms with van der Waals surface area (Å²) in [6.07, 6.45) is 0.811. The summed E-state index contributed by atoms with van der Waals surface area (Å²) in [6.45, 7) is 5.38. The fourth-order valence-electron chi connectivity index (χ4n) is 2.12. The maximum Gasteiger partial charge on any atom is 0.241 e. The van der Waals surface area contributed by atoms with Gasteiger partial charge < -0.3 is 20.3 Å². The van der Waals surface area contributed by atoms with Crippen molar-refractivity contribution in [2.24, 2.45) is 12.0 Å². The zero-order valence-corrected chi connectivity index (χ0v) is 14.9. The van der Waals surface area contributed by atoms with E-state index in [0.29, 0.717) is 24.9 Å². The summed E-state index contributed by atoms with van der Waals surface area (Å²) in [4.78, 5) is 17.8. The first kappa shape index (κ1) is 18.8. The molecule has 8 nitrogen and oxygen atoms in total. The second-order valence-corrected chi connectivity index (χ2v) is 5.25. The molecule has 8 heteroatoms. The lowest BCUT2D eigenvalue weighted by Gasteiger charge is -2.14. The Hall–Kier alpha value is -2.25. The van der Waals surface area contributed by atoms with Crippen LogP contribution in [0.4, 0.5) is 0 Å². The van der Waals surface area contributed by atoms with Gasteiger partial charge in [0.25, 0.3) is 0 Å². The first-order valence-electron chi connectivity index (χ1n) is 7.75.